The van der Waals surface area contributed by atoms with Crippen LogP contribution in [0.2, 0.25) is 0 Å². The van der Waals surface area contributed by atoms with Crippen molar-refractivity contribution < 1.29 is 9.90 Å². The second kappa shape index (κ2) is 6.09. The van der Waals surface area contributed by atoms with Crippen LogP contribution in [0.25, 0.3) is 0 Å². The third kappa shape index (κ3) is 2.85. The SMILES string of the molecule is CCC(Nc1cccc(Br)c1)(C(=O)O)c1ccccc1. The van der Waals surface area contributed by atoms with Crippen molar-refractivity contribution in [1.82, 2.24) is 0 Å². The zero-order chi connectivity index (χ0) is 14.6. The number of carboxylic acids is 1. The number of nitrogens with one attached hydrogen (secondary N) is 1. The molecule has 0 radical (unpaired) electrons. The summed E-state index contributed by atoms with van der Waals surface area (Å²) in [5, 5.41) is 12.9. The second-order valence-electron chi connectivity index (χ2n) is 4.57. The lowest BCUT2D eigenvalue weighted by atomic mass is 9.87. The van der Waals surface area contributed by atoms with Gasteiger partial charge >= 0.3 is 5.97 Å². The fraction of sp³-hybridized carbons (Fsp3) is 0.188. The van der Waals surface area contributed by atoms with Crippen molar-refractivity contribution in [3.8, 4) is 0 Å². The minimum absolute atomic E-state index is 0.443. The Morgan fingerprint density at radius 1 is 1.20 bits per heavy atom. The summed E-state index contributed by atoms with van der Waals surface area (Å²) in [4.78, 5) is 11.9. The lowest BCUT2D eigenvalue weighted by Crippen LogP contribution is -2.43. The van der Waals surface area contributed by atoms with Crippen LogP contribution in [-0.4, -0.2) is 11.1 Å². The van der Waals surface area contributed by atoms with Gasteiger partial charge in [0.2, 0.25) is 0 Å². The molecule has 2 aromatic carbocycles. The predicted molar refractivity (Wildman–Crippen MR) is 83.8 cm³/mol. The lowest BCUT2D eigenvalue weighted by Gasteiger charge is -2.31. The van der Waals surface area contributed by atoms with Crippen LogP contribution >= 0.6 is 15.9 Å². The molecule has 4 heteroatoms. The zero-order valence-corrected chi connectivity index (χ0v) is 12.7. The minimum atomic E-state index is -1.12. The topological polar surface area (TPSA) is 49.3 Å². The summed E-state index contributed by atoms with van der Waals surface area (Å²) in [6.45, 7) is 1.87. The normalized spacial score (nSPS) is 13.5. The summed E-state index contributed by atoms with van der Waals surface area (Å²) in [7, 11) is 0. The summed E-state index contributed by atoms with van der Waals surface area (Å²) in [6.07, 6.45) is 0.443. The second-order valence-corrected chi connectivity index (χ2v) is 5.48. The van der Waals surface area contributed by atoms with E-state index in [1.807, 2.05) is 61.5 Å². The first kappa shape index (κ1) is 14.6. The average Bonchev–Trinajstić information content (AvgIpc) is 2.45. The van der Waals surface area contributed by atoms with Gasteiger partial charge in [0.1, 0.15) is 0 Å². The molecule has 2 aromatic rings. The van der Waals surface area contributed by atoms with Crippen LogP contribution in [0.4, 0.5) is 5.69 Å². The number of carboxylic acid groups (broad SMARTS) is 1. The number of halogens is 1. The maximum Gasteiger partial charge on any atom is 0.334 e. The van der Waals surface area contributed by atoms with E-state index in [1.165, 1.54) is 0 Å². The minimum Gasteiger partial charge on any atom is -0.479 e. The quantitative estimate of drug-likeness (QED) is 0.859. The van der Waals surface area contributed by atoms with Crippen LogP contribution in [0.1, 0.15) is 18.9 Å². The van der Waals surface area contributed by atoms with Gasteiger partial charge in [-0.2, -0.15) is 0 Å². The molecule has 0 amide bonds. The van der Waals surface area contributed by atoms with Gasteiger partial charge in [0.25, 0.3) is 0 Å². The monoisotopic (exact) mass is 333 g/mol. The number of hydrogen-bond donors (Lipinski definition) is 2. The van der Waals surface area contributed by atoms with Gasteiger partial charge in [0, 0.05) is 10.2 Å². The molecule has 0 saturated carbocycles. The van der Waals surface area contributed by atoms with Crippen molar-refractivity contribution in [1.29, 1.82) is 0 Å². The van der Waals surface area contributed by atoms with E-state index >= 15 is 0 Å². The van der Waals surface area contributed by atoms with Gasteiger partial charge in [0.15, 0.2) is 5.54 Å². The molecule has 20 heavy (non-hydrogen) atoms. The maximum atomic E-state index is 11.9. The van der Waals surface area contributed by atoms with Gasteiger partial charge in [-0.25, -0.2) is 4.79 Å². The first-order chi connectivity index (χ1) is 9.58. The van der Waals surface area contributed by atoms with Crippen molar-refractivity contribution in [3.05, 3.63) is 64.6 Å². The third-order valence-electron chi connectivity index (χ3n) is 3.34. The van der Waals surface area contributed by atoms with Crippen LogP contribution < -0.4 is 5.32 Å². The number of rotatable bonds is 5. The molecule has 0 aromatic heterocycles. The Bertz CT molecular complexity index is 600. The molecule has 0 aliphatic heterocycles. The number of carbonyl (C=O) groups is 1. The van der Waals surface area contributed by atoms with E-state index < -0.39 is 11.5 Å². The van der Waals surface area contributed by atoms with Crippen molar-refractivity contribution >= 4 is 27.6 Å². The molecule has 0 aliphatic rings. The predicted octanol–water partition coefficient (Wildman–Crippen LogP) is 4.25. The van der Waals surface area contributed by atoms with Crippen molar-refractivity contribution in [2.45, 2.75) is 18.9 Å². The van der Waals surface area contributed by atoms with E-state index in [0.717, 1.165) is 15.7 Å². The van der Waals surface area contributed by atoms with Gasteiger partial charge in [-0.05, 0) is 30.2 Å². The Kier molecular flexibility index (Phi) is 4.45. The highest BCUT2D eigenvalue weighted by atomic mass is 79.9. The summed E-state index contributed by atoms with van der Waals surface area (Å²) in [5.74, 6) is -0.883. The Hall–Kier alpha value is -1.81. The fourth-order valence-corrected chi connectivity index (χ4v) is 2.63. The summed E-state index contributed by atoms with van der Waals surface area (Å²) >= 11 is 3.40. The molecule has 2 rings (SSSR count). The first-order valence-electron chi connectivity index (χ1n) is 6.41. The summed E-state index contributed by atoms with van der Waals surface area (Å²) < 4.78 is 0.908. The molecule has 1 atom stereocenters. The highest BCUT2D eigenvalue weighted by Gasteiger charge is 2.38. The van der Waals surface area contributed by atoms with Crippen LogP contribution in [0.5, 0.6) is 0 Å². The van der Waals surface area contributed by atoms with E-state index in [-0.39, 0.29) is 0 Å². The Morgan fingerprint density at radius 3 is 2.45 bits per heavy atom. The molecule has 0 fully saturated rings. The first-order valence-corrected chi connectivity index (χ1v) is 7.20. The molecule has 3 nitrogen and oxygen atoms in total. The van der Waals surface area contributed by atoms with Crippen LogP contribution in [-0.2, 0) is 10.3 Å². The van der Waals surface area contributed by atoms with Gasteiger partial charge in [-0.3, -0.25) is 0 Å². The van der Waals surface area contributed by atoms with Crippen LogP contribution in [0.3, 0.4) is 0 Å². The number of aliphatic carboxylic acids is 1. The number of hydrogen-bond acceptors (Lipinski definition) is 2. The highest BCUT2D eigenvalue weighted by molar-refractivity contribution is 9.10. The molecule has 2 N–H and O–H groups in total. The highest BCUT2D eigenvalue weighted by Crippen LogP contribution is 2.31. The summed E-state index contributed by atoms with van der Waals surface area (Å²) in [5.41, 5.74) is 0.393. The van der Waals surface area contributed by atoms with Crippen molar-refractivity contribution in [3.63, 3.8) is 0 Å². The van der Waals surface area contributed by atoms with Gasteiger partial charge in [-0.1, -0.05) is 59.3 Å². The molecule has 0 heterocycles. The Labute approximate surface area is 126 Å². The molecule has 0 saturated heterocycles. The van der Waals surface area contributed by atoms with Gasteiger partial charge in [-0.15, -0.1) is 0 Å². The number of anilines is 1. The number of benzene rings is 2. The smallest absolute Gasteiger partial charge is 0.334 e. The van der Waals surface area contributed by atoms with E-state index in [2.05, 4.69) is 21.2 Å². The van der Waals surface area contributed by atoms with E-state index in [1.54, 1.807) is 0 Å². The fourth-order valence-electron chi connectivity index (χ4n) is 2.23. The standard InChI is InChI=1S/C16H16BrNO2/c1-2-16(15(19)20,12-7-4-3-5-8-12)18-14-10-6-9-13(17)11-14/h3-11,18H,2H2,1H3,(H,19,20). The average molecular weight is 334 g/mol. The maximum absolute atomic E-state index is 11.9. The zero-order valence-electron chi connectivity index (χ0n) is 11.1. The molecule has 0 bridgehead atoms. The summed E-state index contributed by atoms with van der Waals surface area (Å²) in [6, 6.07) is 16.8. The van der Waals surface area contributed by atoms with Gasteiger partial charge < -0.3 is 10.4 Å². The van der Waals surface area contributed by atoms with E-state index in [0.29, 0.717) is 6.42 Å². The molecular formula is C16H16BrNO2. The Balaban J connectivity index is 2.45. The van der Waals surface area contributed by atoms with Gasteiger partial charge in [0.05, 0.1) is 0 Å². The lowest BCUT2D eigenvalue weighted by molar-refractivity contribution is -0.142. The third-order valence-corrected chi connectivity index (χ3v) is 3.84. The molecule has 1 unspecified atom stereocenters. The van der Waals surface area contributed by atoms with Crippen molar-refractivity contribution in [2.24, 2.45) is 0 Å². The largest absolute Gasteiger partial charge is 0.479 e. The van der Waals surface area contributed by atoms with Crippen LogP contribution in [0, 0.1) is 0 Å². The van der Waals surface area contributed by atoms with E-state index in [9.17, 15) is 9.90 Å². The molecule has 104 valence electrons. The Morgan fingerprint density at radius 2 is 1.90 bits per heavy atom. The van der Waals surface area contributed by atoms with E-state index in [4.69, 9.17) is 0 Å². The molecule has 0 aliphatic carbocycles. The van der Waals surface area contributed by atoms with Crippen LogP contribution in [0.15, 0.2) is 59.1 Å². The molecule has 0 spiro atoms. The van der Waals surface area contributed by atoms with Crippen molar-refractivity contribution in [2.75, 3.05) is 5.32 Å². The molecular weight excluding hydrogens is 318 g/mol.